The molecule has 0 radical (unpaired) electrons. The summed E-state index contributed by atoms with van der Waals surface area (Å²) in [7, 11) is 0. The predicted molar refractivity (Wildman–Crippen MR) is 110 cm³/mol. The molecular weight excluding hydrogens is 358 g/mol. The highest BCUT2D eigenvalue weighted by Gasteiger charge is 2.22. The van der Waals surface area contributed by atoms with Crippen molar-refractivity contribution in [2.45, 2.75) is 39.3 Å². The number of carbonyl (C=O) groups excluding carboxylic acids is 2. The van der Waals surface area contributed by atoms with Crippen LogP contribution in [0.2, 0.25) is 0 Å². The number of fused-ring (bicyclic) bond motifs is 1. The van der Waals surface area contributed by atoms with Crippen molar-refractivity contribution in [1.82, 2.24) is 15.6 Å². The molecule has 3 aromatic rings. The van der Waals surface area contributed by atoms with Gasteiger partial charge >= 0.3 is 0 Å². The summed E-state index contributed by atoms with van der Waals surface area (Å²) in [6, 6.07) is 12.6. The van der Waals surface area contributed by atoms with E-state index >= 15 is 0 Å². The minimum Gasteiger partial charge on any atom is -0.350 e. The Kier molecular flexibility index (Phi) is 5.28. The van der Waals surface area contributed by atoms with E-state index in [1.54, 1.807) is 24.3 Å². The second-order valence-corrected chi connectivity index (χ2v) is 8.43. The summed E-state index contributed by atoms with van der Waals surface area (Å²) in [4.78, 5) is 30.9. The van der Waals surface area contributed by atoms with Crippen molar-refractivity contribution in [2.75, 3.05) is 0 Å². The third-order valence-corrected chi connectivity index (χ3v) is 4.87. The van der Waals surface area contributed by atoms with E-state index < -0.39 is 6.04 Å². The van der Waals surface area contributed by atoms with E-state index in [0.717, 1.165) is 21.5 Å². The molecule has 0 fully saturated rings. The first kappa shape index (κ1) is 19.0. The molecule has 1 atom stereocenters. The standard InChI is InChI=1S/C21H23N3O2S/c1-13(19(25)24-21(2,3)4)22-20(26)15-12-17(18-10-7-11-27-18)23-16-9-6-5-8-14(15)16/h5-13H,1-4H3,(H,22,26)(H,24,25). The number of thiophene rings is 1. The second kappa shape index (κ2) is 7.48. The van der Waals surface area contributed by atoms with Gasteiger partial charge in [-0.3, -0.25) is 9.59 Å². The summed E-state index contributed by atoms with van der Waals surface area (Å²) in [5.41, 5.74) is 1.66. The third kappa shape index (κ3) is 4.52. The van der Waals surface area contributed by atoms with Crippen molar-refractivity contribution < 1.29 is 9.59 Å². The van der Waals surface area contributed by atoms with Crippen LogP contribution in [0.15, 0.2) is 47.8 Å². The molecule has 0 aliphatic heterocycles. The van der Waals surface area contributed by atoms with Crippen LogP contribution in [0.5, 0.6) is 0 Å². The second-order valence-electron chi connectivity index (χ2n) is 7.48. The number of hydrogen-bond acceptors (Lipinski definition) is 4. The molecule has 0 bridgehead atoms. The summed E-state index contributed by atoms with van der Waals surface area (Å²) in [5.74, 6) is -0.504. The van der Waals surface area contributed by atoms with Crippen LogP contribution < -0.4 is 10.6 Å². The average molecular weight is 382 g/mol. The molecule has 140 valence electrons. The van der Waals surface area contributed by atoms with Gasteiger partial charge in [-0.05, 0) is 51.3 Å². The van der Waals surface area contributed by atoms with Crippen molar-refractivity contribution in [3.63, 3.8) is 0 Å². The molecule has 2 aromatic heterocycles. The number of nitrogens with one attached hydrogen (secondary N) is 2. The van der Waals surface area contributed by atoms with Crippen LogP contribution in [0.25, 0.3) is 21.5 Å². The fourth-order valence-electron chi connectivity index (χ4n) is 2.73. The molecule has 0 spiro atoms. The summed E-state index contributed by atoms with van der Waals surface area (Å²) in [6.45, 7) is 7.40. The molecule has 3 rings (SSSR count). The Morgan fingerprint density at radius 3 is 2.52 bits per heavy atom. The zero-order valence-electron chi connectivity index (χ0n) is 15.9. The van der Waals surface area contributed by atoms with Gasteiger partial charge in [-0.2, -0.15) is 0 Å². The van der Waals surface area contributed by atoms with Gasteiger partial charge in [0.05, 0.1) is 21.7 Å². The quantitative estimate of drug-likeness (QED) is 0.718. The van der Waals surface area contributed by atoms with Crippen molar-refractivity contribution >= 4 is 34.1 Å². The molecular formula is C21H23N3O2S. The van der Waals surface area contributed by atoms with Crippen molar-refractivity contribution in [3.05, 3.63) is 53.4 Å². The van der Waals surface area contributed by atoms with Gasteiger partial charge in [0, 0.05) is 10.9 Å². The van der Waals surface area contributed by atoms with E-state index in [2.05, 4.69) is 15.6 Å². The van der Waals surface area contributed by atoms with Crippen LogP contribution in [-0.2, 0) is 4.79 Å². The Labute approximate surface area is 162 Å². The third-order valence-electron chi connectivity index (χ3n) is 3.97. The first-order valence-electron chi connectivity index (χ1n) is 8.81. The van der Waals surface area contributed by atoms with E-state index in [0.29, 0.717) is 5.56 Å². The number of pyridine rings is 1. The van der Waals surface area contributed by atoms with Gasteiger partial charge in [-0.1, -0.05) is 24.3 Å². The summed E-state index contributed by atoms with van der Waals surface area (Å²) in [5, 5.41) is 8.43. The molecule has 2 heterocycles. The Bertz CT molecular complexity index is 975. The molecule has 0 aliphatic carbocycles. The number of rotatable bonds is 4. The van der Waals surface area contributed by atoms with Gasteiger partial charge in [0.1, 0.15) is 6.04 Å². The number of para-hydroxylation sites is 1. The molecule has 0 saturated heterocycles. The number of carbonyl (C=O) groups is 2. The molecule has 5 nitrogen and oxygen atoms in total. The SMILES string of the molecule is CC(NC(=O)c1cc(-c2cccs2)nc2ccccc12)C(=O)NC(C)(C)C. The number of hydrogen-bond donors (Lipinski definition) is 2. The van der Waals surface area contributed by atoms with Gasteiger partial charge in [-0.25, -0.2) is 4.98 Å². The Morgan fingerprint density at radius 1 is 1.11 bits per heavy atom. The van der Waals surface area contributed by atoms with Gasteiger partial charge in [0.25, 0.3) is 5.91 Å². The van der Waals surface area contributed by atoms with Gasteiger partial charge in [0.15, 0.2) is 0 Å². The van der Waals surface area contributed by atoms with E-state index in [4.69, 9.17) is 0 Å². The van der Waals surface area contributed by atoms with Gasteiger partial charge < -0.3 is 10.6 Å². The summed E-state index contributed by atoms with van der Waals surface area (Å²) in [6.07, 6.45) is 0. The number of amides is 2. The normalized spacial score (nSPS) is 12.6. The lowest BCUT2D eigenvalue weighted by atomic mass is 10.1. The molecule has 2 amide bonds. The monoisotopic (exact) mass is 381 g/mol. The Morgan fingerprint density at radius 2 is 1.85 bits per heavy atom. The fraction of sp³-hybridized carbons (Fsp3) is 0.286. The van der Waals surface area contributed by atoms with Gasteiger partial charge in [-0.15, -0.1) is 11.3 Å². The minimum atomic E-state index is -0.645. The van der Waals surface area contributed by atoms with Crippen LogP contribution in [0, 0.1) is 0 Å². The van der Waals surface area contributed by atoms with E-state index in [1.165, 1.54) is 0 Å². The zero-order chi connectivity index (χ0) is 19.6. The molecule has 0 saturated carbocycles. The smallest absolute Gasteiger partial charge is 0.252 e. The lowest BCUT2D eigenvalue weighted by Gasteiger charge is -2.23. The van der Waals surface area contributed by atoms with Crippen LogP contribution in [-0.4, -0.2) is 28.4 Å². The predicted octanol–water partition coefficient (Wildman–Crippen LogP) is 4.00. The molecule has 0 aliphatic rings. The highest BCUT2D eigenvalue weighted by molar-refractivity contribution is 7.13. The lowest BCUT2D eigenvalue weighted by molar-refractivity contribution is -0.124. The maximum absolute atomic E-state index is 12.9. The maximum Gasteiger partial charge on any atom is 0.252 e. The Balaban J connectivity index is 1.93. The first-order chi connectivity index (χ1) is 12.7. The Hall–Kier alpha value is -2.73. The fourth-order valence-corrected chi connectivity index (χ4v) is 3.42. The largest absolute Gasteiger partial charge is 0.350 e. The summed E-state index contributed by atoms with van der Waals surface area (Å²) < 4.78 is 0. The van der Waals surface area contributed by atoms with E-state index in [9.17, 15) is 9.59 Å². The number of benzene rings is 1. The van der Waals surface area contributed by atoms with E-state index in [-0.39, 0.29) is 17.4 Å². The molecule has 2 N–H and O–H groups in total. The zero-order valence-corrected chi connectivity index (χ0v) is 16.7. The molecule has 1 unspecified atom stereocenters. The molecule has 1 aromatic carbocycles. The van der Waals surface area contributed by atoms with Crippen LogP contribution in [0.3, 0.4) is 0 Å². The van der Waals surface area contributed by atoms with Crippen LogP contribution >= 0.6 is 11.3 Å². The highest BCUT2D eigenvalue weighted by atomic mass is 32.1. The molecule has 27 heavy (non-hydrogen) atoms. The molecule has 6 heteroatoms. The van der Waals surface area contributed by atoms with E-state index in [1.807, 2.05) is 62.5 Å². The minimum absolute atomic E-state index is 0.215. The van der Waals surface area contributed by atoms with Crippen molar-refractivity contribution in [2.24, 2.45) is 0 Å². The van der Waals surface area contributed by atoms with Gasteiger partial charge in [0.2, 0.25) is 5.91 Å². The number of nitrogens with zero attached hydrogens (tertiary/aromatic N) is 1. The summed E-state index contributed by atoms with van der Waals surface area (Å²) >= 11 is 1.57. The lowest BCUT2D eigenvalue weighted by Crippen LogP contribution is -2.50. The van der Waals surface area contributed by atoms with Crippen LogP contribution in [0.4, 0.5) is 0 Å². The maximum atomic E-state index is 12.9. The van der Waals surface area contributed by atoms with Crippen molar-refractivity contribution in [1.29, 1.82) is 0 Å². The number of aromatic nitrogens is 1. The highest BCUT2D eigenvalue weighted by Crippen LogP contribution is 2.27. The topological polar surface area (TPSA) is 71.1 Å². The average Bonchev–Trinajstić information content (AvgIpc) is 3.13. The van der Waals surface area contributed by atoms with Crippen LogP contribution in [0.1, 0.15) is 38.1 Å². The van der Waals surface area contributed by atoms with Crippen molar-refractivity contribution in [3.8, 4) is 10.6 Å². The first-order valence-corrected chi connectivity index (χ1v) is 9.69.